The molecule has 1 heterocycles. The molecule has 0 radical (unpaired) electrons. The molecule has 0 saturated carbocycles. The second kappa shape index (κ2) is 3.43. The van der Waals surface area contributed by atoms with Gasteiger partial charge in [-0.05, 0) is 13.8 Å². The van der Waals surface area contributed by atoms with Gasteiger partial charge in [-0.1, -0.05) is 0 Å². The average Bonchev–Trinajstić information content (AvgIpc) is 2.28. The molecule has 1 N–H and O–H groups in total. The van der Waals surface area contributed by atoms with Gasteiger partial charge in [0.05, 0.1) is 19.1 Å². The number of halogens is 2. The third kappa shape index (κ3) is 2.62. The highest BCUT2D eigenvalue weighted by Crippen LogP contribution is 2.30. The summed E-state index contributed by atoms with van der Waals surface area (Å²) in [5.41, 5.74) is 0. The minimum absolute atomic E-state index is 0.00410. The molecule has 82 valence electrons. The van der Waals surface area contributed by atoms with Crippen molar-refractivity contribution in [2.75, 3.05) is 6.61 Å². The fourth-order valence-corrected chi connectivity index (χ4v) is 1.24. The first-order valence-electron chi connectivity index (χ1n) is 4.16. The zero-order valence-electron chi connectivity index (χ0n) is 7.92. The monoisotopic (exact) mass is 210 g/mol. The highest BCUT2D eigenvalue weighted by Gasteiger charge is 2.45. The van der Waals surface area contributed by atoms with E-state index in [1.807, 2.05) is 0 Å². The van der Waals surface area contributed by atoms with Gasteiger partial charge >= 0.3 is 11.9 Å². The van der Waals surface area contributed by atoms with Gasteiger partial charge in [-0.25, -0.2) is 4.79 Å². The highest BCUT2D eigenvalue weighted by molar-refractivity contribution is 5.75. The Bertz CT molecular complexity index is 239. The minimum atomic E-state index is -3.76. The lowest BCUT2D eigenvalue weighted by molar-refractivity contribution is -0.175. The fourth-order valence-electron chi connectivity index (χ4n) is 1.24. The number of aliphatic carboxylic acids is 1. The van der Waals surface area contributed by atoms with Crippen molar-refractivity contribution >= 4 is 5.97 Å². The lowest BCUT2D eigenvalue weighted by atomic mass is 10.1. The van der Waals surface area contributed by atoms with Gasteiger partial charge in [0.15, 0.2) is 5.79 Å². The quantitative estimate of drug-likeness (QED) is 0.761. The Morgan fingerprint density at radius 1 is 1.64 bits per heavy atom. The van der Waals surface area contributed by atoms with Gasteiger partial charge in [0, 0.05) is 0 Å². The van der Waals surface area contributed by atoms with Gasteiger partial charge in [0.2, 0.25) is 0 Å². The van der Waals surface area contributed by atoms with Crippen LogP contribution in [0.5, 0.6) is 0 Å². The molecule has 0 aliphatic carbocycles. The molecule has 1 fully saturated rings. The largest absolute Gasteiger partial charge is 0.477 e. The summed E-state index contributed by atoms with van der Waals surface area (Å²) in [6.07, 6.45) is -1.72. The Morgan fingerprint density at radius 2 is 2.21 bits per heavy atom. The van der Waals surface area contributed by atoms with Crippen LogP contribution >= 0.6 is 0 Å². The van der Waals surface area contributed by atoms with E-state index in [0.29, 0.717) is 0 Å². The van der Waals surface area contributed by atoms with E-state index >= 15 is 0 Å². The summed E-state index contributed by atoms with van der Waals surface area (Å²) in [5.74, 6) is -6.79. The molecule has 14 heavy (non-hydrogen) atoms. The van der Waals surface area contributed by atoms with Crippen LogP contribution < -0.4 is 0 Å². The van der Waals surface area contributed by atoms with Crippen LogP contribution in [0.1, 0.15) is 20.3 Å². The molecule has 0 spiro atoms. The highest BCUT2D eigenvalue weighted by atomic mass is 19.3. The first kappa shape index (κ1) is 11.3. The van der Waals surface area contributed by atoms with E-state index < -0.39 is 30.2 Å². The summed E-state index contributed by atoms with van der Waals surface area (Å²) in [6, 6.07) is 0. The van der Waals surface area contributed by atoms with Crippen LogP contribution in [0.25, 0.3) is 0 Å². The molecule has 1 aliphatic rings. The number of hydrogen-bond acceptors (Lipinski definition) is 3. The Hall–Kier alpha value is -0.750. The Morgan fingerprint density at radius 3 is 2.57 bits per heavy atom. The Labute approximate surface area is 79.8 Å². The first-order chi connectivity index (χ1) is 6.23. The van der Waals surface area contributed by atoms with Crippen molar-refractivity contribution in [3.63, 3.8) is 0 Å². The van der Waals surface area contributed by atoms with E-state index in [1.54, 1.807) is 13.8 Å². The number of carboxylic acid groups (broad SMARTS) is 1. The third-order valence-corrected chi connectivity index (χ3v) is 1.86. The summed E-state index contributed by atoms with van der Waals surface area (Å²) in [5, 5.41) is 8.19. The molecule has 1 aliphatic heterocycles. The Kier molecular flexibility index (Phi) is 2.78. The van der Waals surface area contributed by atoms with Gasteiger partial charge in [-0.2, -0.15) is 8.78 Å². The van der Waals surface area contributed by atoms with E-state index in [1.165, 1.54) is 0 Å². The molecule has 0 aromatic rings. The number of hydrogen-bond donors (Lipinski definition) is 1. The zero-order valence-corrected chi connectivity index (χ0v) is 7.92. The smallest absolute Gasteiger partial charge is 0.374 e. The SMILES string of the molecule is CC1(C)OC[C@H](CC(F)(F)C(=O)O)O1. The first-order valence-corrected chi connectivity index (χ1v) is 4.16. The van der Waals surface area contributed by atoms with Crippen LogP contribution in [0.2, 0.25) is 0 Å². The molecule has 0 aromatic heterocycles. The van der Waals surface area contributed by atoms with E-state index in [-0.39, 0.29) is 6.61 Å². The number of carboxylic acids is 1. The zero-order chi connectivity index (χ0) is 11.0. The summed E-state index contributed by atoms with van der Waals surface area (Å²) in [7, 11) is 0. The van der Waals surface area contributed by atoms with Gasteiger partial charge in [-0.3, -0.25) is 0 Å². The van der Waals surface area contributed by atoms with Gasteiger partial charge < -0.3 is 14.6 Å². The molecule has 1 rings (SSSR count). The standard InChI is InChI=1S/C8H12F2O4/c1-7(2)13-4-5(14-7)3-8(9,10)6(11)12/h5H,3-4H2,1-2H3,(H,11,12)/t5-/m0/s1. The molecule has 1 saturated heterocycles. The van der Waals surface area contributed by atoms with Crippen molar-refractivity contribution in [3.8, 4) is 0 Å². The molecule has 4 nitrogen and oxygen atoms in total. The predicted molar refractivity (Wildman–Crippen MR) is 42.1 cm³/mol. The Balaban J connectivity index is 2.51. The molecule has 0 bridgehead atoms. The number of rotatable bonds is 3. The van der Waals surface area contributed by atoms with Crippen molar-refractivity contribution in [2.24, 2.45) is 0 Å². The minimum Gasteiger partial charge on any atom is -0.477 e. The summed E-state index contributed by atoms with van der Waals surface area (Å²) < 4.78 is 35.5. The van der Waals surface area contributed by atoms with E-state index in [4.69, 9.17) is 14.6 Å². The van der Waals surface area contributed by atoms with Crippen molar-refractivity contribution in [1.29, 1.82) is 0 Å². The normalized spacial score (nSPS) is 26.4. The van der Waals surface area contributed by atoms with Crippen LogP contribution in [0.4, 0.5) is 8.78 Å². The second-order valence-corrected chi connectivity index (χ2v) is 3.66. The van der Waals surface area contributed by atoms with Crippen LogP contribution in [-0.4, -0.2) is 35.5 Å². The molecular weight excluding hydrogens is 198 g/mol. The molecule has 0 amide bonds. The summed E-state index contributed by atoms with van der Waals surface area (Å²) in [4.78, 5) is 10.1. The van der Waals surface area contributed by atoms with Crippen molar-refractivity contribution < 1.29 is 28.2 Å². The number of alkyl halides is 2. The van der Waals surface area contributed by atoms with Gasteiger partial charge in [0.25, 0.3) is 0 Å². The van der Waals surface area contributed by atoms with E-state index in [2.05, 4.69) is 0 Å². The van der Waals surface area contributed by atoms with Gasteiger partial charge in [0.1, 0.15) is 0 Å². The summed E-state index contributed by atoms with van der Waals surface area (Å²) in [6.45, 7) is 3.17. The third-order valence-electron chi connectivity index (χ3n) is 1.86. The van der Waals surface area contributed by atoms with Crippen molar-refractivity contribution in [1.82, 2.24) is 0 Å². The molecule has 1 atom stereocenters. The molecular formula is C8H12F2O4. The average molecular weight is 210 g/mol. The fraction of sp³-hybridized carbons (Fsp3) is 0.875. The van der Waals surface area contributed by atoms with Crippen LogP contribution in [0.3, 0.4) is 0 Å². The van der Waals surface area contributed by atoms with Crippen LogP contribution in [-0.2, 0) is 14.3 Å². The molecule has 6 heteroatoms. The van der Waals surface area contributed by atoms with Crippen molar-refractivity contribution in [2.45, 2.75) is 38.1 Å². The number of carbonyl (C=O) groups is 1. The van der Waals surface area contributed by atoms with Crippen LogP contribution in [0.15, 0.2) is 0 Å². The second-order valence-electron chi connectivity index (χ2n) is 3.66. The topological polar surface area (TPSA) is 55.8 Å². The maximum atomic E-state index is 12.7. The lowest BCUT2D eigenvalue weighted by Gasteiger charge is -2.18. The molecule has 0 unspecified atom stereocenters. The van der Waals surface area contributed by atoms with Gasteiger partial charge in [-0.15, -0.1) is 0 Å². The predicted octanol–water partition coefficient (Wildman–Crippen LogP) is 1.25. The van der Waals surface area contributed by atoms with E-state index in [9.17, 15) is 13.6 Å². The molecule has 0 aromatic carbocycles. The van der Waals surface area contributed by atoms with Crippen molar-refractivity contribution in [3.05, 3.63) is 0 Å². The van der Waals surface area contributed by atoms with Crippen LogP contribution in [0, 0.1) is 0 Å². The summed E-state index contributed by atoms with van der Waals surface area (Å²) >= 11 is 0. The lowest BCUT2D eigenvalue weighted by Crippen LogP contribution is -2.34. The number of ether oxygens (including phenoxy) is 2. The maximum Gasteiger partial charge on any atom is 0.374 e. The van der Waals surface area contributed by atoms with E-state index in [0.717, 1.165) is 0 Å². The maximum absolute atomic E-state index is 12.7.